The van der Waals surface area contributed by atoms with Crippen molar-refractivity contribution in [1.82, 2.24) is 0 Å². The fraction of sp³-hybridized carbons (Fsp3) is 0.400. The Balaban J connectivity index is 3.19. The SMILES string of the molecule is C/C=C(/C/C(=C/N)C(=N)CC)C(=N)c1ccc(C)cc1C(C)C. The largest absolute Gasteiger partial charge is 0.404 e. The van der Waals surface area contributed by atoms with E-state index < -0.39 is 0 Å². The Hall–Kier alpha value is -2.16. The van der Waals surface area contributed by atoms with Crippen molar-refractivity contribution in [3.8, 4) is 0 Å². The van der Waals surface area contributed by atoms with Gasteiger partial charge in [0.05, 0.1) is 5.71 Å². The molecule has 0 radical (unpaired) electrons. The second-order valence-electron chi connectivity index (χ2n) is 6.14. The smallest absolute Gasteiger partial charge is 0.0647 e. The molecular weight excluding hydrogens is 282 g/mol. The van der Waals surface area contributed by atoms with Crippen molar-refractivity contribution in [2.24, 2.45) is 5.73 Å². The van der Waals surface area contributed by atoms with Gasteiger partial charge in [-0.3, -0.25) is 5.41 Å². The van der Waals surface area contributed by atoms with E-state index in [1.807, 2.05) is 26.0 Å². The van der Waals surface area contributed by atoms with Crippen molar-refractivity contribution in [1.29, 1.82) is 10.8 Å². The molecule has 0 aliphatic carbocycles. The molecule has 124 valence electrons. The minimum Gasteiger partial charge on any atom is -0.404 e. The lowest BCUT2D eigenvalue weighted by Crippen LogP contribution is -2.12. The molecule has 0 amide bonds. The Kier molecular flexibility index (Phi) is 6.95. The summed E-state index contributed by atoms with van der Waals surface area (Å²) in [5.41, 5.74) is 11.8. The van der Waals surface area contributed by atoms with E-state index in [4.69, 9.17) is 16.6 Å². The molecule has 0 heterocycles. The summed E-state index contributed by atoms with van der Waals surface area (Å²) in [5, 5.41) is 16.7. The van der Waals surface area contributed by atoms with Crippen molar-refractivity contribution in [3.63, 3.8) is 0 Å². The highest BCUT2D eigenvalue weighted by Crippen LogP contribution is 2.25. The summed E-state index contributed by atoms with van der Waals surface area (Å²) >= 11 is 0. The van der Waals surface area contributed by atoms with Crippen molar-refractivity contribution in [2.45, 2.75) is 53.4 Å². The van der Waals surface area contributed by atoms with Crippen LogP contribution in [0.25, 0.3) is 0 Å². The van der Waals surface area contributed by atoms with Crippen LogP contribution in [0.3, 0.4) is 0 Å². The van der Waals surface area contributed by atoms with Crippen LogP contribution < -0.4 is 5.73 Å². The minimum atomic E-state index is 0.363. The summed E-state index contributed by atoms with van der Waals surface area (Å²) in [6.07, 6.45) is 4.64. The first-order valence-electron chi connectivity index (χ1n) is 8.19. The predicted octanol–water partition coefficient (Wildman–Crippen LogP) is 5.10. The molecule has 1 aromatic carbocycles. The summed E-state index contributed by atoms with van der Waals surface area (Å²) in [6, 6.07) is 6.25. The fourth-order valence-electron chi connectivity index (χ4n) is 2.59. The Morgan fingerprint density at radius 2 is 1.87 bits per heavy atom. The monoisotopic (exact) mass is 311 g/mol. The number of hydrogen-bond acceptors (Lipinski definition) is 3. The van der Waals surface area contributed by atoms with Crippen LogP contribution in [-0.4, -0.2) is 11.4 Å². The molecule has 1 aromatic rings. The van der Waals surface area contributed by atoms with Crippen LogP contribution in [0.1, 0.15) is 63.1 Å². The summed E-state index contributed by atoms with van der Waals surface area (Å²) < 4.78 is 0. The molecule has 0 aliphatic heterocycles. The van der Waals surface area contributed by atoms with E-state index in [1.165, 1.54) is 17.3 Å². The molecule has 23 heavy (non-hydrogen) atoms. The van der Waals surface area contributed by atoms with Crippen LogP contribution in [0.15, 0.2) is 41.6 Å². The Bertz CT molecular complexity index is 649. The van der Waals surface area contributed by atoms with E-state index in [2.05, 4.69) is 32.9 Å². The van der Waals surface area contributed by atoms with Gasteiger partial charge in [0.25, 0.3) is 0 Å². The standard InChI is InChI=1S/C20H29N3/c1-6-15(11-16(12-21)19(22)7-2)20(23)17-9-8-14(5)10-18(17)13(3)4/h6,8-10,12-13,22-23H,7,11,21H2,1-5H3/b15-6-,16-12-,22-19?,23-20?. The lowest BCUT2D eigenvalue weighted by atomic mass is 9.87. The third kappa shape index (κ3) is 4.65. The van der Waals surface area contributed by atoms with Crippen molar-refractivity contribution in [3.05, 3.63) is 58.3 Å². The first-order chi connectivity index (χ1) is 10.8. The zero-order valence-corrected chi connectivity index (χ0v) is 15.0. The van der Waals surface area contributed by atoms with E-state index >= 15 is 0 Å². The molecule has 0 saturated carbocycles. The number of nitrogens with two attached hydrogens (primary N) is 1. The third-order valence-electron chi connectivity index (χ3n) is 4.09. The molecule has 3 heteroatoms. The first-order valence-corrected chi connectivity index (χ1v) is 8.19. The lowest BCUT2D eigenvalue weighted by molar-refractivity contribution is 0.861. The van der Waals surface area contributed by atoms with Crippen LogP contribution in [0.2, 0.25) is 0 Å². The molecule has 3 nitrogen and oxygen atoms in total. The van der Waals surface area contributed by atoms with Crippen LogP contribution in [0.5, 0.6) is 0 Å². The van der Waals surface area contributed by atoms with E-state index in [9.17, 15) is 0 Å². The summed E-state index contributed by atoms with van der Waals surface area (Å²) in [5.74, 6) is 0.363. The topological polar surface area (TPSA) is 73.7 Å². The fourth-order valence-corrected chi connectivity index (χ4v) is 2.59. The van der Waals surface area contributed by atoms with Crippen LogP contribution >= 0.6 is 0 Å². The van der Waals surface area contributed by atoms with E-state index in [0.717, 1.165) is 16.7 Å². The average Bonchev–Trinajstić information content (AvgIpc) is 2.54. The van der Waals surface area contributed by atoms with Gasteiger partial charge in [-0.15, -0.1) is 0 Å². The summed E-state index contributed by atoms with van der Waals surface area (Å²) in [6.45, 7) is 10.3. The molecule has 0 fully saturated rings. The van der Waals surface area contributed by atoms with Gasteiger partial charge in [0.1, 0.15) is 0 Å². The predicted molar refractivity (Wildman–Crippen MR) is 101 cm³/mol. The van der Waals surface area contributed by atoms with E-state index in [0.29, 0.717) is 30.2 Å². The molecule has 4 N–H and O–H groups in total. The first kappa shape index (κ1) is 18.9. The van der Waals surface area contributed by atoms with Crippen LogP contribution in [-0.2, 0) is 0 Å². The van der Waals surface area contributed by atoms with Crippen LogP contribution in [0.4, 0.5) is 0 Å². The van der Waals surface area contributed by atoms with Crippen molar-refractivity contribution >= 4 is 11.4 Å². The highest BCUT2D eigenvalue weighted by atomic mass is 14.5. The van der Waals surface area contributed by atoms with Gasteiger partial charge in [-0.05, 0) is 49.1 Å². The van der Waals surface area contributed by atoms with Gasteiger partial charge in [0.15, 0.2) is 0 Å². The van der Waals surface area contributed by atoms with Gasteiger partial charge in [-0.1, -0.05) is 50.6 Å². The highest BCUT2D eigenvalue weighted by Gasteiger charge is 2.16. The molecule has 0 bridgehead atoms. The maximum absolute atomic E-state index is 8.65. The Morgan fingerprint density at radius 3 is 2.35 bits per heavy atom. The zero-order valence-electron chi connectivity index (χ0n) is 15.0. The molecule has 0 aliphatic rings. The van der Waals surface area contributed by atoms with E-state index in [1.54, 1.807) is 0 Å². The molecule has 0 saturated heterocycles. The maximum Gasteiger partial charge on any atom is 0.0647 e. The molecule has 0 spiro atoms. The number of hydrogen-bond donors (Lipinski definition) is 3. The second-order valence-corrected chi connectivity index (χ2v) is 6.14. The molecule has 1 rings (SSSR count). The van der Waals surface area contributed by atoms with Gasteiger partial charge in [-0.2, -0.15) is 0 Å². The van der Waals surface area contributed by atoms with Gasteiger partial charge in [0, 0.05) is 17.7 Å². The molecule has 0 atom stereocenters. The normalized spacial score (nSPS) is 12.6. The van der Waals surface area contributed by atoms with Gasteiger partial charge < -0.3 is 11.1 Å². The Morgan fingerprint density at radius 1 is 1.22 bits per heavy atom. The Labute approximate surface area is 140 Å². The number of allylic oxidation sites excluding steroid dienone is 3. The van der Waals surface area contributed by atoms with Gasteiger partial charge in [0.2, 0.25) is 0 Å². The summed E-state index contributed by atoms with van der Waals surface area (Å²) in [4.78, 5) is 0. The van der Waals surface area contributed by atoms with Gasteiger partial charge >= 0.3 is 0 Å². The lowest BCUT2D eigenvalue weighted by Gasteiger charge is -2.17. The summed E-state index contributed by atoms with van der Waals surface area (Å²) in [7, 11) is 0. The number of aryl methyl sites for hydroxylation is 1. The van der Waals surface area contributed by atoms with E-state index in [-0.39, 0.29) is 0 Å². The van der Waals surface area contributed by atoms with Crippen molar-refractivity contribution < 1.29 is 0 Å². The minimum absolute atomic E-state index is 0.363. The number of nitrogens with one attached hydrogen (secondary N) is 2. The number of rotatable bonds is 7. The zero-order chi connectivity index (χ0) is 17.6. The molecule has 0 aromatic heterocycles. The van der Waals surface area contributed by atoms with Crippen LogP contribution in [0, 0.1) is 17.7 Å². The second kappa shape index (κ2) is 8.47. The maximum atomic E-state index is 8.65. The molecular formula is C20H29N3. The number of benzene rings is 1. The third-order valence-corrected chi connectivity index (χ3v) is 4.09. The van der Waals surface area contributed by atoms with Gasteiger partial charge in [-0.25, -0.2) is 0 Å². The molecule has 0 unspecified atom stereocenters. The quantitative estimate of drug-likeness (QED) is 0.602. The average molecular weight is 311 g/mol. The highest BCUT2D eigenvalue weighted by molar-refractivity contribution is 6.13. The van der Waals surface area contributed by atoms with Crippen molar-refractivity contribution in [2.75, 3.05) is 0 Å².